The summed E-state index contributed by atoms with van der Waals surface area (Å²) in [4.78, 5) is 10.0. The number of benzene rings is 3. The SMILES string of the molecule is Cl.c1ccc(CN2CCN(CCCCNc3c4ccccc4nc4ccccc34)CC2)cc1. The largest absolute Gasteiger partial charge is 0.384 e. The lowest BCUT2D eigenvalue weighted by Gasteiger charge is -2.34. The molecule has 1 saturated heterocycles. The lowest BCUT2D eigenvalue weighted by atomic mass is 10.1. The number of anilines is 1. The van der Waals surface area contributed by atoms with Crippen molar-refractivity contribution in [2.75, 3.05) is 44.6 Å². The first-order valence-electron chi connectivity index (χ1n) is 11.9. The number of aromatic nitrogens is 1. The molecule has 5 heteroatoms. The second kappa shape index (κ2) is 11.5. The second-order valence-corrected chi connectivity index (χ2v) is 8.76. The Morgan fingerprint density at radius 1 is 0.667 bits per heavy atom. The topological polar surface area (TPSA) is 31.4 Å². The number of unbranched alkanes of at least 4 members (excludes halogenated alkanes) is 1. The number of para-hydroxylation sites is 2. The molecule has 0 unspecified atom stereocenters. The molecule has 0 bridgehead atoms. The molecule has 5 rings (SSSR count). The van der Waals surface area contributed by atoms with Gasteiger partial charge < -0.3 is 10.2 Å². The van der Waals surface area contributed by atoms with Crippen LogP contribution in [0.4, 0.5) is 5.69 Å². The smallest absolute Gasteiger partial charge is 0.0730 e. The van der Waals surface area contributed by atoms with Crippen molar-refractivity contribution >= 4 is 39.9 Å². The number of hydrogen-bond donors (Lipinski definition) is 1. The number of halogens is 1. The Bertz CT molecular complexity index is 1100. The van der Waals surface area contributed by atoms with Gasteiger partial charge in [-0.05, 0) is 37.1 Å². The molecule has 2 heterocycles. The van der Waals surface area contributed by atoms with Crippen LogP contribution in [-0.2, 0) is 6.54 Å². The molecule has 1 aliphatic rings. The summed E-state index contributed by atoms with van der Waals surface area (Å²) in [5, 5.41) is 6.15. The standard InChI is InChI=1S/C28H32N4.ClH/c1-2-10-23(11-3-1)22-32-20-18-31(19-21-32)17-9-8-16-29-28-24-12-4-6-14-26(24)30-27-15-7-5-13-25(27)28;/h1-7,10-15H,8-9,16-22H2,(H,29,30);1H. The van der Waals surface area contributed by atoms with Crippen LogP contribution in [0.25, 0.3) is 21.8 Å². The molecule has 1 aliphatic heterocycles. The van der Waals surface area contributed by atoms with Gasteiger partial charge in [-0.2, -0.15) is 0 Å². The van der Waals surface area contributed by atoms with Crippen LogP contribution in [0.1, 0.15) is 18.4 Å². The highest BCUT2D eigenvalue weighted by Crippen LogP contribution is 2.30. The zero-order valence-corrected chi connectivity index (χ0v) is 19.9. The van der Waals surface area contributed by atoms with Crippen LogP contribution in [-0.4, -0.2) is 54.1 Å². The molecule has 1 aromatic heterocycles. The molecule has 0 saturated carbocycles. The van der Waals surface area contributed by atoms with Crippen molar-refractivity contribution in [1.82, 2.24) is 14.8 Å². The minimum atomic E-state index is 0. The van der Waals surface area contributed by atoms with E-state index in [0.717, 1.165) is 24.1 Å². The minimum Gasteiger partial charge on any atom is -0.384 e. The van der Waals surface area contributed by atoms with Crippen LogP contribution < -0.4 is 5.32 Å². The Labute approximate surface area is 203 Å². The number of nitrogens with one attached hydrogen (secondary N) is 1. The third-order valence-electron chi connectivity index (χ3n) is 6.50. The van der Waals surface area contributed by atoms with Gasteiger partial charge in [-0.3, -0.25) is 4.90 Å². The third kappa shape index (κ3) is 5.83. The van der Waals surface area contributed by atoms with E-state index in [2.05, 4.69) is 94.0 Å². The Morgan fingerprint density at radius 3 is 1.91 bits per heavy atom. The summed E-state index contributed by atoms with van der Waals surface area (Å²) in [5.41, 5.74) is 4.76. The van der Waals surface area contributed by atoms with Crippen molar-refractivity contribution in [2.24, 2.45) is 0 Å². The summed E-state index contributed by atoms with van der Waals surface area (Å²) >= 11 is 0. The minimum absolute atomic E-state index is 0. The molecule has 3 aromatic carbocycles. The summed E-state index contributed by atoms with van der Waals surface area (Å²) in [6.45, 7) is 7.96. The maximum Gasteiger partial charge on any atom is 0.0730 e. The van der Waals surface area contributed by atoms with Crippen molar-refractivity contribution in [3.8, 4) is 0 Å². The lowest BCUT2D eigenvalue weighted by molar-refractivity contribution is 0.126. The average molecular weight is 461 g/mol. The number of hydrogen-bond acceptors (Lipinski definition) is 4. The van der Waals surface area contributed by atoms with Crippen LogP contribution in [0, 0.1) is 0 Å². The molecular formula is C28H33ClN4. The van der Waals surface area contributed by atoms with E-state index in [1.54, 1.807) is 0 Å². The fourth-order valence-electron chi connectivity index (χ4n) is 4.72. The van der Waals surface area contributed by atoms with Gasteiger partial charge in [0.05, 0.1) is 16.7 Å². The molecule has 1 N–H and O–H groups in total. The van der Waals surface area contributed by atoms with Crippen molar-refractivity contribution in [1.29, 1.82) is 0 Å². The molecule has 0 aliphatic carbocycles. The molecule has 1 fully saturated rings. The number of nitrogens with zero attached hydrogens (tertiary/aromatic N) is 3. The van der Waals surface area contributed by atoms with E-state index in [1.165, 1.54) is 67.6 Å². The monoisotopic (exact) mass is 460 g/mol. The summed E-state index contributed by atoms with van der Waals surface area (Å²) in [6.07, 6.45) is 2.40. The third-order valence-corrected chi connectivity index (χ3v) is 6.50. The predicted octanol–water partition coefficient (Wildman–Crippen LogP) is 5.82. The number of fused-ring (bicyclic) bond motifs is 2. The summed E-state index contributed by atoms with van der Waals surface area (Å²) < 4.78 is 0. The van der Waals surface area contributed by atoms with Crippen LogP contribution >= 0.6 is 12.4 Å². The molecule has 4 aromatic rings. The van der Waals surface area contributed by atoms with E-state index in [0.29, 0.717) is 0 Å². The zero-order valence-electron chi connectivity index (χ0n) is 19.1. The molecule has 33 heavy (non-hydrogen) atoms. The van der Waals surface area contributed by atoms with Gasteiger partial charge in [0.25, 0.3) is 0 Å². The molecular weight excluding hydrogens is 428 g/mol. The molecule has 0 atom stereocenters. The first-order chi connectivity index (χ1) is 15.9. The van der Waals surface area contributed by atoms with E-state index < -0.39 is 0 Å². The fraction of sp³-hybridized carbons (Fsp3) is 0.321. The number of rotatable bonds is 8. The van der Waals surface area contributed by atoms with Gasteiger partial charge in [0, 0.05) is 50.0 Å². The van der Waals surface area contributed by atoms with E-state index in [-0.39, 0.29) is 12.4 Å². The zero-order chi connectivity index (χ0) is 21.6. The van der Waals surface area contributed by atoms with Crippen LogP contribution in [0.3, 0.4) is 0 Å². The van der Waals surface area contributed by atoms with Gasteiger partial charge in [-0.25, -0.2) is 4.98 Å². The van der Waals surface area contributed by atoms with E-state index in [4.69, 9.17) is 4.98 Å². The predicted molar refractivity (Wildman–Crippen MR) is 142 cm³/mol. The Hall–Kier alpha value is -2.66. The quantitative estimate of drug-likeness (QED) is 0.265. The van der Waals surface area contributed by atoms with E-state index in [1.807, 2.05) is 0 Å². The average Bonchev–Trinajstić information content (AvgIpc) is 2.85. The molecule has 0 radical (unpaired) electrons. The Balaban J connectivity index is 0.00000259. The maximum absolute atomic E-state index is 4.83. The lowest BCUT2D eigenvalue weighted by Crippen LogP contribution is -2.46. The summed E-state index contributed by atoms with van der Waals surface area (Å²) in [7, 11) is 0. The molecule has 0 spiro atoms. The Morgan fingerprint density at radius 2 is 1.24 bits per heavy atom. The van der Waals surface area contributed by atoms with Crippen molar-refractivity contribution < 1.29 is 0 Å². The van der Waals surface area contributed by atoms with Crippen LogP contribution in [0.2, 0.25) is 0 Å². The van der Waals surface area contributed by atoms with Gasteiger partial charge >= 0.3 is 0 Å². The second-order valence-electron chi connectivity index (χ2n) is 8.76. The van der Waals surface area contributed by atoms with E-state index >= 15 is 0 Å². The van der Waals surface area contributed by atoms with Gasteiger partial charge in [-0.15, -0.1) is 12.4 Å². The fourth-order valence-corrected chi connectivity index (χ4v) is 4.72. The van der Waals surface area contributed by atoms with Crippen LogP contribution in [0.5, 0.6) is 0 Å². The Kier molecular flexibility index (Phi) is 8.16. The highest BCUT2D eigenvalue weighted by molar-refractivity contribution is 6.07. The van der Waals surface area contributed by atoms with Crippen molar-refractivity contribution in [3.05, 3.63) is 84.4 Å². The molecule has 172 valence electrons. The van der Waals surface area contributed by atoms with Crippen molar-refractivity contribution in [3.63, 3.8) is 0 Å². The van der Waals surface area contributed by atoms with E-state index in [9.17, 15) is 0 Å². The van der Waals surface area contributed by atoms with Crippen LogP contribution in [0.15, 0.2) is 78.9 Å². The van der Waals surface area contributed by atoms with Gasteiger partial charge in [0.2, 0.25) is 0 Å². The van der Waals surface area contributed by atoms with Gasteiger partial charge in [0.1, 0.15) is 0 Å². The number of pyridine rings is 1. The molecule has 0 amide bonds. The summed E-state index contributed by atoms with van der Waals surface area (Å²) in [6, 6.07) is 27.7. The van der Waals surface area contributed by atoms with Gasteiger partial charge in [0.15, 0.2) is 0 Å². The maximum atomic E-state index is 4.83. The first-order valence-corrected chi connectivity index (χ1v) is 11.9. The van der Waals surface area contributed by atoms with Gasteiger partial charge in [-0.1, -0.05) is 66.7 Å². The highest BCUT2D eigenvalue weighted by atomic mass is 35.5. The number of piperazine rings is 1. The first kappa shape index (κ1) is 23.5. The highest BCUT2D eigenvalue weighted by Gasteiger charge is 2.16. The summed E-state index contributed by atoms with van der Waals surface area (Å²) in [5.74, 6) is 0. The molecule has 4 nitrogen and oxygen atoms in total. The normalized spacial score (nSPS) is 14.9. The van der Waals surface area contributed by atoms with Crippen molar-refractivity contribution in [2.45, 2.75) is 19.4 Å².